The number of carbonyl (C=O) groups is 1. The van der Waals surface area contributed by atoms with Crippen LogP contribution < -0.4 is 5.32 Å². The molecule has 1 N–H and O–H groups in total. The van der Waals surface area contributed by atoms with Gasteiger partial charge in [-0.05, 0) is 98.4 Å². The van der Waals surface area contributed by atoms with Crippen LogP contribution in [0.4, 0.5) is 10.1 Å². The highest BCUT2D eigenvalue weighted by Gasteiger charge is 2.25. The normalized spacial score (nSPS) is 18.8. The highest BCUT2D eigenvalue weighted by atomic mass is 35.5. The number of hydrogen-bond acceptors (Lipinski definition) is 1. The van der Waals surface area contributed by atoms with Crippen molar-refractivity contribution in [1.82, 2.24) is 0 Å². The second-order valence-corrected chi connectivity index (χ2v) is 9.78. The van der Waals surface area contributed by atoms with Crippen LogP contribution in [0.5, 0.6) is 0 Å². The number of hydrogen-bond donors (Lipinski definition) is 1. The molecule has 0 bridgehead atoms. The summed E-state index contributed by atoms with van der Waals surface area (Å²) in [5, 5.41) is 4.49. The molecule has 5 heteroatoms. The maximum Gasteiger partial charge on any atom is 0.227 e. The molecule has 3 rings (SSSR count). The zero-order valence-electron chi connectivity index (χ0n) is 18.9. The summed E-state index contributed by atoms with van der Waals surface area (Å²) in [4.78, 5) is 12.9. The van der Waals surface area contributed by atoms with Gasteiger partial charge >= 0.3 is 0 Å². The van der Waals surface area contributed by atoms with Gasteiger partial charge in [-0.25, -0.2) is 4.39 Å². The molecule has 0 radical (unpaired) electrons. The fourth-order valence-corrected chi connectivity index (χ4v) is 5.27. The predicted octanol–water partition coefficient (Wildman–Crippen LogP) is 8.50. The second-order valence-electron chi connectivity index (χ2n) is 8.97. The first-order valence-electron chi connectivity index (χ1n) is 11.5. The van der Waals surface area contributed by atoms with Gasteiger partial charge in [0.15, 0.2) is 0 Å². The number of halogens is 3. The lowest BCUT2D eigenvalue weighted by Gasteiger charge is -2.17. The van der Waals surface area contributed by atoms with E-state index in [2.05, 4.69) is 18.8 Å². The van der Waals surface area contributed by atoms with E-state index in [9.17, 15) is 9.18 Å². The van der Waals surface area contributed by atoms with E-state index in [1.807, 2.05) is 12.1 Å². The summed E-state index contributed by atoms with van der Waals surface area (Å²) in [7, 11) is 0. The molecule has 2 aromatic rings. The van der Waals surface area contributed by atoms with E-state index in [0.717, 1.165) is 72.5 Å². The van der Waals surface area contributed by atoms with E-state index in [4.69, 9.17) is 23.2 Å². The summed E-state index contributed by atoms with van der Waals surface area (Å²) in [5.74, 6) is 0.240. The second kappa shape index (κ2) is 11.3. The Labute approximate surface area is 201 Å². The number of anilines is 1. The SMILES string of the molecule is C=C(C)c1cc(NC(=O)C2CCCC(CCc3c(Cl)cc(CC)cc3Cl)CC2)ccc1F. The molecule has 1 saturated carbocycles. The molecule has 2 unspecified atom stereocenters. The molecular weight excluding hydrogens is 444 g/mol. The zero-order valence-corrected chi connectivity index (χ0v) is 20.5. The smallest absolute Gasteiger partial charge is 0.227 e. The van der Waals surface area contributed by atoms with Gasteiger partial charge in [0.25, 0.3) is 0 Å². The number of benzene rings is 2. The number of rotatable bonds is 7. The van der Waals surface area contributed by atoms with Crippen molar-refractivity contribution >= 4 is 40.4 Å². The average Bonchev–Trinajstić information content (AvgIpc) is 3.00. The summed E-state index contributed by atoms with van der Waals surface area (Å²) in [6.07, 6.45) is 7.70. The van der Waals surface area contributed by atoms with E-state index in [0.29, 0.717) is 22.7 Å². The standard InChI is InChI=1S/C27H32Cl2FNO/c1-4-18-14-24(28)22(25(29)15-18)12-9-19-6-5-7-20(10-8-19)27(32)31-21-11-13-26(30)23(16-21)17(2)3/h11,13-16,19-20H,2,4-10,12H2,1,3H3,(H,31,32). The van der Waals surface area contributed by atoms with Gasteiger partial charge in [0, 0.05) is 27.2 Å². The quantitative estimate of drug-likeness (QED) is 0.399. The largest absolute Gasteiger partial charge is 0.326 e. The van der Waals surface area contributed by atoms with Crippen molar-refractivity contribution in [3.05, 3.63) is 69.5 Å². The summed E-state index contributed by atoms with van der Waals surface area (Å²) >= 11 is 13.0. The lowest BCUT2D eigenvalue weighted by Crippen LogP contribution is -2.22. The highest BCUT2D eigenvalue weighted by Crippen LogP contribution is 2.34. The van der Waals surface area contributed by atoms with Crippen LogP contribution in [0.25, 0.3) is 5.57 Å². The van der Waals surface area contributed by atoms with Gasteiger partial charge in [-0.3, -0.25) is 4.79 Å². The van der Waals surface area contributed by atoms with Crippen LogP contribution in [0.1, 0.15) is 69.1 Å². The van der Waals surface area contributed by atoms with Crippen LogP contribution in [0, 0.1) is 17.7 Å². The van der Waals surface area contributed by atoms with E-state index in [1.54, 1.807) is 19.1 Å². The van der Waals surface area contributed by atoms with Gasteiger partial charge in [0.2, 0.25) is 5.91 Å². The van der Waals surface area contributed by atoms with Crippen molar-refractivity contribution in [3.8, 4) is 0 Å². The van der Waals surface area contributed by atoms with Crippen molar-refractivity contribution in [1.29, 1.82) is 0 Å². The van der Waals surface area contributed by atoms with Crippen LogP contribution in [-0.2, 0) is 17.6 Å². The van der Waals surface area contributed by atoms with Crippen LogP contribution in [0.2, 0.25) is 10.0 Å². The van der Waals surface area contributed by atoms with Crippen molar-refractivity contribution in [2.24, 2.45) is 11.8 Å². The van der Waals surface area contributed by atoms with Crippen LogP contribution in [-0.4, -0.2) is 5.91 Å². The molecule has 0 aromatic heterocycles. The maximum absolute atomic E-state index is 13.9. The zero-order chi connectivity index (χ0) is 23.3. The van der Waals surface area contributed by atoms with Crippen molar-refractivity contribution in [2.45, 2.75) is 65.2 Å². The molecule has 0 heterocycles. The topological polar surface area (TPSA) is 29.1 Å². The van der Waals surface area contributed by atoms with Crippen LogP contribution in [0.15, 0.2) is 36.9 Å². The van der Waals surface area contributed by atoms with Gasteiger partial charge in [-0.2, -0.15) is 0 Å². The van der Waals surface area contributed by atoms with Gasteiger partial charge in [-0.15, -0.1) is 0 Å². The first kappa shape index (κ1) is 24.8. The van der Waals surface area contributed by atoms with Gasteiger partial charge in [0.1, 0.15) is 5.82 Å². The molecule has 32 heavy (non-hydrogen) atoms. The molecule has 0 spiro atoms. The van der Waals surface area contributed by atoms with Crippen molar-refractivity contribution < 1.29 is 9.18 Å². The van der Waals surface area contributed by atoms with Crippen molar-refractivity contribution in [2.75, 3.05) is 5.32 Å². The molecule has 2 atom stereocenters. The first-order valence-corrected chi connectivity index (χ1v) is 12.3. The first-order chi connectivity index (χ1) is 15.3. The molecule has 172 valence electrons. The molecule has 0 aliphatic heterocycles. The number of carbonyl (C=O) groups excluding carboxylic acids is 1. The summed E-state index contributed by atoms with van der Waals surface area (Å²) in [5.41, 5.74) is 3.89. The van der Waals surface area contributed by atoms with Crippen LogP contribution in [0.3, 0.4) is 0 Å². The van der Waals surface area contributed by atoms with E-state index < -0.39 is 0 Å². The molecule has 1 aliphatic rings. The Morgan fingerprint density at radius 1 is 1.12 bits per heavy atom. The average molecular weight is 476 g/mol. The van der Waals surface area contributed by atoms with Gasteiger partial charge in [0.05, 0.1) is 0 Å². The number of nitrogens with one attached hydrogen (secondary N) is 1. The Bertz CT molecular complexity index is 965. The Hall–Kier alpha value is -1.84. The summed E-state index contributed by atoms with van der Waals surface area (Å²) in [6, 6.07) is 8.69. The minimum absolute atomic E-state index is 0.0191. The third kappa shape index (κ3) is 6.36. The highest BCUT2D eigenvalue weighted by molar-refractivity contribution is 6.36. The van der Waals surface area contributed by atoms with Crippen LogP contribution >= 0.6 is 23.2 Å². The monoisotopic (exact) mass is 475 g/mol. The number of allylic oxidation sites excluding steroid dienone is 1. The summed E-state index contributed by atoms with van der Waals surface area (Å²) in [6.45, 7) is 7.66. The lowest BCUT2D eigenvalue weighted by atomic mass is 9.91. The Kier molecular flexibility index (Phi) is 8.79. The molecule has 1 amide bonds. The Morgan fingerprint density at radius 3 is 2.50 bits per heavy atom. The fourth-order valence-electron chi connectivity index (χ4n) is 4.55. The molecule has 1 fully saturated rings. The van der Waals surface area contributed by atoms with Crippen molar-refractivity contribution in [3.63, 3.8) is 0 Å². The minimum Gasteiger partial charge on any atom is -0.326 e. The minimum atomic E-state index is -0.322. The molecule has 1 aliphatic carbocycles. The maximum atomic E-state index is 13.9. The predicted molar refractivity (Wildman–Crippen MR) is 134 cm³/mol. The fraction of sp³-hybridized carbons (Fsp3) is 0.444. The van der Waals surface area contributed by atoms with Gasteiger partial charge in [-0.1, -0.05) is 49.5 Å². The van der Waals surface area contributed by atoms with E-state index in [-0.39, 0.29) is 17.6 Å². The van der Waals surface area contributed by atoms with Gasteiger partial charge < -0.3 is 5.32 Å². The Morgan fingerprint density at radius 2 is 1.84 bits per heavy atom. The third-order valence-corrected chi connectivity index (χ3v) is 7.24. The lowest BCUT2D eigenvalue weighted by molar-refractivity contribution is -0.120. The summed E-state index contributed by atoms with van der Waals surface area (Å²) < 4.78 is 13.9. The Balaban J connectivity index is 1.55. The number of aryl methyl sites for hydroxylation is 1. The number of amides is 1. The molecular formula is C27H32Cl2FNO. The molecule has 0 saturated heterocycles. The van der Waals surface area contributed by atoms with E-state index in [1.165, 1.54) is 6.07 Å². The molecule has 2 aromatic carbocycles. The third-order valence-electron chi connectivity index (χ3n) is 6.56. The van der Waals surface area contributed by atoms with E-state index >= 15 is 0 Å². The molecule has 2 nitrogen and oxygen atoms in total.